The molecule has 0 heterocycles. The number of nitriles is 1. The maximum Gasteiger partial charge on any atom is 0.247 e. The van der Waals surface area contributed by atoms with E-state index >= 15 is 0 Å². The molecular formula is C16H20N2O3. The second-order valence-corrected chi connectivity index (χ2v) is 5.09. The summed E-state index contributed by atoms with van der Waals surface area (Å²) in [4.78, 5) is 11.9. The monoisotopic (exact) mass is 288 g/mol. The second-order valence-electron chi connectivity index (χ2n) is 5.09. The number of carbonyl (C=O) groups is 1. The zero-order valence-electron chi connectivity index (χ0n) is 12.2. The van der Waals surface area contributed by atoms with Crippen LogP contribution in [0.3, 0.4) is 0 Å². The maximum atomic E-state index is 11.9. The van der Waals surface area contributed by atoms with Crippen molar-refractivity contribution in [3.05, 3.63) is 29.8 Å². The van der Waals surface area contributed by atoms with E-state index < -0.39 is 6.04 Å². The van der Waals surface area contributed by atoms with E-state index in [0.717, 1.165) is 25.7 Å². The van der Waals surface area contributed by atoms with Crippen LogP contribution in [0, 0.1) is 11.3 Å². The largest absolute Gasteiger partial charge is 0.496 e. The van der Waals surface area contributed by atoms with Gasteiger partial charge in [0.25, 0.3) is 0 Å². The fourth-order valence-corrected chi connectivity index (χ4v) is 2.54. The highest BCUT2D eigenvalue weighted by Crippen LogP contribution is 2.24. The van der Waals surface area contributed by atoms with E-state index in [-0.39, 0.29) is 18.6 Å². The van der Waals surface area contributed by atoms with Crippen LogP contribution in [0.4, 0.5) is 0 Å². The molecule has 112 valence electrons. The van der Waals surface area contributed by atoms with Crippen LogP contribution in [-0.4, -0.2) is 25.7 Å². The van der Waals surface area contributed by atoms with E-state index in [1.165, 1.54) is 7.11 Å². The quantitative estimate of drug-likeness (QED) is 0.872. The van der Waals surface area contributed by atoms with E-state index in [1.54, 1.807) is 12.1 Å². The molecule has 1 N–H and O–H groups in total. The molecule has 0 bridgehead atoms. The number of nitrogens with one attached hydrogen (secondary N) is 1. The van der Waals surface area contributed by atoms with Gasteiger partial charge in [0.15, 0.2) is 0 Å². The number of hydrogen-bond donors (Lipinski definition) is 1. The summed E-state index contributed by atoms with van der Waals surface area (Å²) in [6.07, 6.45) is 4.54. The van der Waals surface area contributed by atoms with Crippen LogP contribution in [0.1, 0.15) is 37.3 Å². The predicted octanol–water partition coefficient (Wildman–Crippen LogP) is 2.34. The van der Waals surface area contributed by atoms with Gasteiger partial charge in [0, 0.05) is 5.56 Å². The van der Waals surface area contributed by atoms with Gasteiger partial charge < -0.3 is 14.8 Å². The molecule has 2 rings (SSSR count). The molecule has 1 aliphatic rings. The lowest BCUT2D eigenvalue weighted by Crippen LogP contribution is -2.32. The third-order valence-corrected chi connectivity index (χ3v) is 3.64. The number of rotatable bonds is 6. The molecular weight excluding hydrogens is 268 g/mol. The lowest BCUT2D eigenvalue weighted by Gasteiger charge is -2.16. The predicted molar refractivity (Wildman–Crippen MR) is 77.7 cm³/mol. The summed E-state index contributed by atoms with van der Waals surface area (Å²) in [5.74, 6) is 0.306. The second kappa shape index (κ2) is 7.65. The number of ether oxygens (including phenoxy) is 2. The summed E-state index contributed by atoms with van der Waals surface area (Å²) in [7, 11) is 1.54. The van der Waals surface area contributed by atoms with Crippen LogP contribution in [0.2, 0.25) is 0 Å². The number of carbonyl (C=O) groups excluding carboxylic acids is 1. The highest BCUT2D eigenvalue weighted by molar-refractivity contribution is 5.78. The Kier molecular flexibility index (Phi) is 5.59. The standard InChI is InChI=1S/C16H20N2O3/c1-20-15-9-5-4-8-13(15)14(10-17)18-16(19)11-21-12-6-2-3-7-12/h4-5,8-9,12,14H,2-3,6-7,11H2,1H3,(H,18,19). The van der Waals surface area contributed by atoms with Gasteiger partial charge in [-0.15, -0.1) is 0 Å². The number of benzene rings is 1. The molecule has 1 unspecified atom stereocenters. The smallest absolute Gasteiger partial charge is 0.247 e. The van der Waals surface area contributed by atoms with E-state index in [2.05, 4.69) is 11.4 Å². The Morgan fingerprint density at radius 3 is 2.81 bits per heavy atom. The van der Waals surface area contributed by atoms with Crippen LogP contribution in [-0.2, 0) is 9.53 Å². The molecule has 1 saturated carbocycles. The maximum absolute atomic E-state index is 11.9. The normalized spacial score (nSPS) is 16.2. The van der Waals surface area contributed by atoms with Gasteiger partial charge in [-0.2, -0.15) is 5.26 Å². The van der Waals surface area contributed by atoms with Gasteiger partial charge >= 0.3 is 0 Å². The van der Waals surface area contributed by atoms with E-state index in [4.69, 9.17) is 9.47 Å². The number of para-hydroxylation sites is 1. The molecule has 1 amide bonds. The van der Waals surface area contributed by atoms with E-state index in [9.17, 15) is 10.1 Å². The first-order valence-electron chi connectivity index (χ1n) is 7.18. The third-order valence-electron chi connectivity index (χ3n) is 3.64. The molecule has 0 saturated heterocycles. The zero-order chi connectivity index (χ0) is 15.1. The fraction of sp³-hybridized carbons (Fsp3) is 0.500. The Morgan fingerprint density at radius 2 is 2.14 bits per heavy atom. The molecule has 0 radical (unpaired) electrons. The third kappa shape index (κ3) is 4.20. The summed E-state index contributed by atoms with van der Waals surface area (Å²) in [6, 6.07) is 8.51. The lowest BCUT2D eigenvalue weighted by atomic mass is 10.1. The van der Waals surface area contributed by atoms with Crippen molar-refractivity contribution in [1.29, 1.82) is 5.26 Å². The van der Waals surface area contributed by atoms with Crippen LogP contribution in [0.25, 0.3) is 0 Å². The molecule has 21 heavy (non-hydrogen) atoms. The molecule has 0 spiro atoms. The number of methoxy groups -OCH3 is 1. The van der Waals surface area contributed by atoms with E-state index in [1.807, 2.05) is 12.1 Å². The first-order chi connectivity index (χ1) is 10.2. The van der Waals surface area contributed by atoms with Gasteiger partial charge in [0.1, 0.15) is 18.4 Å². The van der Waals surface area contributed by atoms with Crippen molar-refractivity contribution in [2.75, 3.05) is 13.7 Å². The van der Waals surface area contributed by atoms with Gasteiger partial charge in [-0.1, -0.05) is 31.0 Å². The number of amides is 1. The molecule has 0 aliphatic heterocycles. The van der Waals surface area contributed by atoms with Gasteiger partial charge in [0.05, 0.1) is 19.3 Å². The molecule has 0 aromatic heterocycles. The lowest BCUT2D eigenvalue weighted by molar-refractivity contribution is -0.128. The molecule has 1 aromatic carbocycles. The van der Waals surface area contributed by atoms with Crippen LogP contribution in [0.15, 0.2) is 24.3 Å². The SMILES string of the molecule is COc1ccccc1C(C#N)NC(=O)COC1CCCC1. The summed E-state index contributed by atoms with van der Waals surface area (Å²) in [5.41, 5.74) is 0.650. The van der Waals surface area contributed by atoms with Crippen molar-refractivity contribution in [2.24, 2.45) is 0 Å². The minimum atomic E-state index is -0.735. The average Bonchev–Trinajstić information content (AvgIpc) is 3.04. The average molecular weight is 288 g/mol. The molecule has 1 aromatic rings. The Balaban J connectivity index is 1.92. The Labute approximate surface area is 124 Å². The highest BCUT2D eigenvalue weighted by Gasteiger charge is 2.20. The molecule has 5 nitrogen and oxygen atoms in total. The van der Waals surface area contributed by atoms with Crippen molar-refractivity contribution in [3.63, 3.8) is 0 Å². The van der Waals surface area contributed by atoms with Crippen molar-refractivity contribution in [3.8, 4) is 11.8 Å². The fourth-order valence-electron chi connectivity index (χ4n) is 2.54. The molecule has 1 aliphatic carbocycles. The van der Waals surface area contributed by atoms with Crippen molar-refractivity contribution in [2.45, 2.75) is 37.8 Å². The summed E-state index contributed by atoms with van der Waals surface area (Å²) in [5, 5.41) is 11.9. The van der Waals surface area contributed by atoms with Crippen LogP contribution >= 0.6 is 0 Å². The molecule has 1 fully saturated rings. The molecule has 1 atom stereocenters. The van der Waals surface area contributed by atoms with Crippen LogP contribution < -0.4 is 10.1 Å². The minimum Gasteiger partial charge on any atom is -0.496 e. The number of nitrogens with zero attached hydrogens (tertiary/aromatic N) is 1. The summed E-state index contributed by atoms with van der Waals surface area (Å²) in [6.45, 7) is -0.00199. The van der Waals surface area contributed by atoms with E-state index in [0.29, 0.717) is 11.3 Å². The first kappa shape index (κ1) is 15.3. The summed E-state index contributed by atoms with van der Waals surface area (Å²) < 4.78 is 10.8. The summed E-state index contributed by atoms with van der Waals surface area (Å²) >= 11 is 0. The Morgan fingerprint density at radius 1 is 1.43 bits per heavy atom. The Hall–Kier alpha value is -2.06. The van der Waals surface area contributed by atoms with Gasteiger partial charge in [0.2, 0.25) is 5.91 Å². The topological polar surface area (TPSA) is 71.3 Å². The van der Waals surface area contributed by atoms with Crippen molar-refractivity contribution in [1.82, 2.24) is 5.32 Å². The van der Waals surface area contributed by atoms with Crippen molar-refractivity contribution < 1.29 is 14.3 Å². The number of hydrogen-bond acceptors (Lipinski definition) is 4. The van der Waals surface area contributed by atoms with Gasteiger partial charge in [-0.05, 0) is 18.9 Å². The zero-order valence-corrected chi connectivity index (χ0v) is 12.2. The highest BCUT2D eigenvalue weighted by atomic mass is 16.5. The Bertz CT molecular complexity index is 518. The van der Waals surface area contributed by atoms with Gasteiger partial charge in [-0.3, -0.25) is 4.79 Å². The van der Waals surface area contributed by atoms with Gasteiger partial charge in [-0.25, -0.2) is 0 Å². The first-order valence-corrected chi connectivity index (χ1v) is 7.18. The van der Waals surface area contributed by atoms with Crippen LogP contribution in [0.5, 0.6) is 5.75 Å². The molecule has 5 heteroatoms. The van der Waals surface area contributed by atoms with Crippen molar-refractivity contribution >= 4 is 5.91 Å². The minimum absolute atomic E-state index is 0.00199.